The molecule has 0 rings (SSSR count). The van der Waals surface area contributed by atoms with E-state index in [1.54, 1.807) is 0 Å². The smallest absolute Gasteiger partial charge is 0.303 e. The first-order valence-corrected chi connectivity index (χ1v) is 9.35. The number of carbonyl (C=O) groups is 1. The Kier molecular flexibility index (Phi) is 18.0. The Morgan fingerprint density at radius 3 is 1.48 bits per heavy atom. The zero-order valence-corrected chi connectivity index (χ0v) is 14.6. The molecule has 23 heavy (non-hydrogen) atoms. The van der Waals surface area contributed by atoms with Gasteiger partial charge in [-0.3, -0.25) is 9.18 Å². The standard InChI is InChI=1S/C20H35FO2/c21-19-17-15-13-11-9-7-5-3-1-2-4-6-8-10-12-14-16-18-20(22)23/h7,9-10,12H,1-6,8,11,13-19H2,(H,22,23)/b9-7-,12-10-. The van der Waals surface area contributed by atoms with Crippen LogP contribution in [0.3, 0.4) is 0 Å². The number of aliphatic carboxylic acids is 1. The summed E-state index contributed by atoms with van der Waals surface area (Å²) in [6.45, 7) is -0.176. The number of alkyl halides is 1. The molecule has 0 saturated heterocycles. The van der Waals surface area contributed by atoms with Gasteiger partial charge in [-0.2, -0.15) is 0 Å². The van der Waals surface area contributed by atoms with Crippen molar-refractivity contribution in [1.82, 2.24) is 0 Å². The van der Waals surface area contributed by atoms with E-state index in [9.17, 15) is 9.18 Å². The van der Waals surface area contributed by atoms with E-state index in [1.165, 1.54) is 38.5 Å². The van der Waals surface area contributed by atoms with Crippen LogP contribution in [0.4, 0.5) is 4.39 Å². The van der Waals surface area contributed by atoms with Crippen LogP contribution in [-0.4, -0.2) is 17.8 Å². The van der Waals surface area contributed by atoms with Crippen molar-refractivity contribution in [2.24, 2.45) is 0 Å². The van der Waals surface area contributed by atoms with E-state index in [-0.39, 0.29) is 13.1 Å². The Morgan fingerprint density at radius 1 is 0.652 bits per heavy atom. The van der Waals surface area contributed by atoms with E-state index in [1.807, 2.05) is 0 Å². The van der Waals surface area contributed by atoms with Crippen LogP contribution in [0.1, 0.15) is 89.9 Å². The second-order valence-corrected chi connectivity index (χ2v) is 6.11. The van der Waals surface area contributed by atoms with Crippen LogP contribution < -0.4 is 0 Å². The SMILES string of the molecule is O=C(O)CCC/C=C\CCCCCCC/C=C\CCCCCF. The minimum absolute atomic E-state index is 0.176. The lowest BCUT2D eigenvalue weighted by Crippen LogP contribution is -1.92. The molecule has 0 aromatic heterocycles. The van der Waals surface area contributed by atoms with Gasteiger partial charge in [0.25, 0.3) is 0 Å². The Bertz CT molecular complexity index is 311. The lowest BCUT2D eigenvalue weighted by Gasteiger charge is -1.98. The predicted octanol–water partition coefficient (Wildman–Crippen LogP) is 6.61. The molecule has 0 aliphatic heterocycles. The van der Waals surface area contributed by atoms with Gasteiger partial charge in [0.1, 0.15) is 0 Å². The summed E-state index contributed by atoms with van der Waals surface area (Å²) in [5.74, 6) is -0.704. The molecule has 1 N–H and O–H groups in total. The number of allylic oxidation sites excluding steroid dienone is 4. The van der Waals surface area contributed by atoms with Crippen molar-refractivity contribution in [1.29, 1.82) is 0 Å². The molecule has 134 valence electrons. The molecule has 3 heteroatoms. The van der Waals surface area contributed by atoms with E-state index in [4.69, 9.17) is 5.11 Å². The predicted molar refractivity (Wildman–Crippen MR) is 96.5 cm³/mol. The second kappa shape index (κ2) is 18.9. The van der Waals surface area contributed by atoms with E-state index < -0.39 is 5.97 Å². The summed E-state index contributed by atoms with van der Waals surface area (Å²) < 4.78 is 11.9. The van der Waals surface area contributed by atoms with E-state index in [2.05, 4.69) is 24.3 Å². The molecule has 0 atom stereocenters. The van der Waals surface area contributed by atoms with Crippen LogP contribution in [0.15, 0.2) is 24.3 Å². The Labute approximate surface area is 141 Å². The molecular weight excluding hydrogens is 291 g/mol. The van der Waals surface area contributed by atoms with Gasteiger partial charge >= 0.3 is 5.97 Å². The fourth-order valence-electron chi connectivity index (χ4n) is 2.43. The molecule has 0 aliphatic carbocycles. The normalized spacial score (nSPS) is 11.7. The second-order valence-electron chi connectivity index (χ2n) is 6.11. The fraction of sp³-hybridized carbons (Fsp3) is 0.750. The molecule has 2 nitrogen and oxygen atoms in total. The number of halogens is 1. The zero-order valence-electron chi connectivity index (χ0n) is 14.6. The molecule has 0 unspecified atom stereocenters. The van der Waals surface area contributed by atoms with Gasteiger partial charge < -0.3 is 5.11 Å². The van der Waals surface area contributed by atoms with Crippen molar-refractivity contribution >= 4 is 5.97 Å². The average Bonchev–Trinajstić information content (AvgIpc) is 2.53. The third kappa shape index (κ3) is 20.9. The summed E-state index contributed by atoms with van der Waals surface area (Å²) >= 11 is 0. The highest BCUT2D eigenvalue weighted by molar-refractivity contribution is 5.66. The highest BCUT2D eigenvalue weighted by atomic mass is 19.1. The summed E-state index contributed by atoms with van der Waals surface area (Å²) in [5, 5.41) is 8.51. The first-order chi connectivity index (χ1) is 11.3. The zero-order chi connectivity index (χ0) is 17.0. The van der Waals surface area contributed by atoms with Crippen LogP contribution in [0, 0.1) is 0 Å². The highest BCUT2D eigenvalue weighted by Crippen LogP contribution is 2.09. The molecule has 0 aromatic carbocycles. The molecule has 0 spiro atoms. The molecule has 0 radical (unpaired) electrons. The fourth-order valence-corrected chi connectivity index (χ4v) is 2.43. The van der Waals surface area contributed by atoms with Crippen molar-refractivity contribution in [3.05, 3.63) is 24.3 Å². The maximum absolute atomic E-state index is 11.9. The van der Waals surface area contributed by atoms with Gasteiger partial charge in [0.15, 0.2) is 0 Å². The van der Waals surface area contributed by atoms with E-state index in [0.29, 0.717) is 6.42 Å². The number of unbranched alkanes of at least 4 members (excludes halogenated alkanes) is 10. The monoisotopic (exact) mass is 326 g/mol. The van der Waals surface area contributed by atoms with Gasteiger partial charge in [-0.1, -0.05) is 50.0 Å². The summed E-state index contributed by atoms with van der Waals surface area (Å²) in [5.41, 5.74) is 0. The van der Waals surface area contributed by atoms with E-state index in [0.717, 1.165) is 38.5 Å². The van der Waals surface area contributed by atoms with Crippen molar-refractivity contribution < 1.29 is 14.3 Å². The third-order valence-corrected chi connectivity index (χ3v) is 3.84. The summed E-state index contributed by atoms with van der Waals surface area (Å²) in [4.78, 5) is 10.3. The van der Waals surface area contributed by atoms with Crippen LogP contribution in [0.5, 0.6) is 0 Å². The molecule has 0 amide bonds. The number of rotatable bonds is 17. The van der Waals surface area contributed by atoms with Crippen molar-refractivity contribution in [3.63, 3.8) is 0 Å². The van der Waals surface area contributed by atoms with E-state index >= 15 is 0 Å². The summed E-state index contributed by atoms with van der Waals surface area (Å²) in [6, 6.07) is 0. The quantitative estimate of drug-likeness (QED) is 0.241. The molecule has 0 fully saturated rings. The molecule has 0 bridgehead atoms. The molecule has 0 saturated carbocycles. The molecule has 0 aliphatic rings. The Hall–Kier alpha value is -1.12. The summed E-state index contributed by atoms with van der Waals surface area (Å²) in [6.07, 6.45) is 23.3. The largest absolute Gasteiger partial charge is 0.481 e. The van der Waals surface area contributed by atoms with Gasteiger partial charge in [-0.05, 0) is 57.8 Å². The van der Waals surface area contributed by atoms with Crippen molar-refractivity contribution in [3.8, 4) is 0 Å². The topological polar surface area (TPSA) is 37.3 Å². The van der Waals surface area contributed by atoms with Crippen LogP contribution in [0.2, 0.25) is 0 Å². The lowest BCUT2D eigenvalue weighted by atomic mass is 10.1. The van der Waals surface area contributed by atoms with Gasteiger partial charge in [-0.15, -0.1) is 0 Å². The Balaban J connectivity index is 3.14. The minimum Gasteiger partial charge on any atom is -0.481 e. The molecular formula is C20H35FO2. The maximum atomic E-state index is 11.9. The first kappa shape index (κ1) is 21.9. The lowest BCUT2D eigenvalue weighted by molar-refractivity contribution is -0.137. The number of carboxylic acid groups (broad SMARTS) is 1. The maximum Gasteiger partial charge on any atom is 0.303 e. The van der Waals surface area contributed by atoms with Gasteiger partial charge in [-0.25, -0.2) is 0 Å². The molecule has 0 aromatic rings. The number of hydrogen-bond donors (Lipinski definition) is 1. The Morgan fingerprint density at radius 2 is 1.04 bits per heavy atom. The average molecular weight is 326 g/mol. The van der Waals surface area contributed by atoms with Crippen molar-refractivity contribution in [2.45, 2.75) is 89.9 Å². The first-order valence-electron chi connectivity index (χ1n) is 9.35. The van der Waals surface area contributed by atoms with Crippen LogP contribution in [-0.2, 0) is 4.79 Å². The highest BCUT2D eigenvalue weighted by Gasteiger charge is 1.93. The van der Waals surface area contributed by atoms with Gasteiger partial charge in [0, 0.05) is 6.42 Å². The van der Waals surface area contributed by atoms with Gasteiger partial charge in [0.2, 0.25) is 0 Å². The van der Waals surface area contributed by atoms with Gasteiger partial charge in [0.05, 0.1) is 6.67 Å². The third-order valence-electron chi connectivity index (χ3n) is 3.84. The number of carboxylic acids is 1. The molecule has 0 heterocycles. The van der Waals surface area contributed by atoms with Crippen molar-refractivity contribution in [2.75, 3.05) is 6.67 Å². The van der Waals surface area contributed by atoms with Crippen LogP contribution >= 0.6 is 0 Å². The number of hydrogen-bond acceptors (Lipinski definition) is 1. The minimum atomic E-state index is -0.704. The summed E-state index contributed by atoms with van der Waals surface area (Å²) in [7, 11) is 0. The van der Waals surface area contributed by atoms with Crippen LogP contribution in [0.25, 0.3) is 0 Å².